The fourth-order valence-electron chi connectivity index (χ4n) is 1.93. The van der Waals surface area contributed by atoms with E-state index in [1.54, 1.807) is 18.9 Å². The number of esters is 1. The topological polar surface area (TPSA) is 46.6 Å². The number of carbonyl (C=O) groups is 2. The van der Waals surface area contributed by atoms with Crippen LogP contribution in [0.1, 0.15) is 30.9 Å². The molecule has 1 aromatic rings. The highest BCUT2D eigenvalue weighted by molar-refractivity contribution is 5.95. The first kappa shape index (κ1) is 15.2. The number of carbonyl (C=O) groups excluding carboxylic acids is 2. The van der Waals surface area contributed by atoms with Crippen molar-refractivity contribution in [3.8, 4) is 0 Å². The summed E-state index contributed by atoms with van der Waals surface area (Å²) in [6.45, 7) is 6.08. The zero-order valence-corrected chi connectivity index (χ0v) is 12.0. The molecule has 0 saturated carbocycles. The van der Waals surface area contributed by atoms with Gasteiger partial charge in [0.05, 0.1) is 13.0 Å². The van der Waals surface area contributed by atoms with E-state index in [1.807, 2.05) is 32.0 Å². The molecular formula is C15H21NO3. The van der Waals surface area contributed by atoms with E-state index in [1.165, 1.54) is 0 Å². The second-order valence-corrected chi connectivity index (χ2v) is 4.55. The van der Waals surface area contributed by atoms with Crippen molar-refractivity contribution in [1.29, 1.82) is 0 Å². The molecule has 0 spiro atoms. The second kappa shape index (κ2) is 6.92. The van der Waals surface area contributed by atoms with Crippen LogP contribution in [0.2, 0.25) is 0 Å². The Hall–Kier alpha value is -1.84. The third-order valence-electron chi connectivity index (χ3n) is 2.94. The van der Waals surface area contributed by atoms with Crippen LogP contribution >= 0.6 is 0 Å². The summed E-state index contributed by atoms with van der Waals surface area (Å²) in [4.78, 5) is 24.8. The summed E-state index contributed by atoms with van der Waals surface area (Å²) >= 11 is 0. The Labute approximate surface area is 114 Å². The van der Waals surface area contributed by atoms with E-state index in [2.05, 4.69) is 0 Å². The van der Waals surface area contributed by atoms with Crippen LogP contribution < -0.4 is 4.90 Å². The molecule has 0 aliphatic rings. The third-order valence-corrected chi connectivity index (χ3v) is 2.94. The average Bonchev–Trinajstić information content (AvgIpc) is 2.35. The molecule has 0 aliphatic carbocycles. The van der Waals surface area contributed by atoms with Gasteiger partial charge in [0.1, 0.15) is 0 Å². The highest BCUT2D eigenvalue weighted by Gasteiger charge is 2.14. The van der Waals surface area contributed by atoms with Crippen molar-refractivity contribution in [1.82, 2.24) is 0 Å². The predicted molar refractivity (Wildman–Crippen MR) is 75.2 cm³/mol. The average molecular weight is 263 g/mol. The number of benzene rings is 1. The number of anilines is 1. The normalized spacial score (nSPS) is 10.1. The molecule has 0 bridgehead atoms. The molecule has 1 amide bonds. The largest absolute Gasteiger partial charge is 0.466 e. The molecule has 0 atom stereocenters. The molecule has 0 aliphatic heterocycles. The van der Waals surface area contributed by atoms with Crippen molar-refractivity contribution in [2.75, 3.05) is 18.6 Å². The molecule has 0 aromatic heterocycles. The van der Waals surface area contributed by atoms with Crippen molar-refractivity contribution in [3.63, 3.8) is 0 Å². The van der Waals surface area contributed by atoms with Gasteiger partial charge in [-0.1, -0.05) is 17.7 Å². The molecular weight excluding hydrogens is 242 g/mol. The van der Waals surface area contributed by atoms with Gasteiger partial charge in [-0.2, -0.15) is 0 Å². The molecule has 0 unspecified atom stereocenters. The maximum atomic E-state index is 12.0. The quantitative estimate of drug-likeness (QED) is 0.767. The van der Waals surface area contributed by atoms with Crippen LogP contribution in [0.4, 0.5) is 5.69 Å². The number of ether oxygens (including phenoxy) is 1. The van der Waals surface area contributed by atoms with Crippen LogP contribution in [0.15, 0.2) is 18.2 Å². The van der Waals surface area contributed by atoms with Gasteiger partial charge < -0.3 is 9.64 Å². The van der Waals surface area contributed by atoms with E-state index >= 15 is 0 Å². The summed E-state index contributed by atoms with van der Waals surface area (Å²) in [5.41, 5.74) is 3.08. The van der Waals surface area contributed by atoms with Gasteiger partial charge in [-0.05, 0) is 32.4 Å². The zero-order valence-electron chi connectivity index (χ0n) is 12.0. The van der Waals surface area contributed by atoms with Crippen molar-refractivity contribution < 1.29 is 14.3 Å². The number of nitrogens with zero attached hydrogens (tertiary/aromatic N) is 1. The number of hydrogen-bond acceptors (Lipinski definition) is 3. The van der Waals surface area contributed by atoms with Gasteiger partial charge in [0.25, 0.3) is 0 Å². The maximum Gasteiger partial charge on any atom is 0.306 e. The van der Waals surface area contributed by atoms with E-state index in [0.717, 1.165) is 16.8 Å². The Morgan fingerprint density at radius 1 is 1.21 bits per heavy atom. The standard InChI is InChI=1S/C15H21NO3/c1-5-19-15(18)9-8-14(17)16(4)13-7-6-11(2)10-12(13)3/h6-7,10H,5,8-9H2,1-4H3. The van der Waals surface area contributed by atoms with Crippen molar-refractivity contribution in [3.05, 3.63) is 29.3 Å². The smallest absolute Gasteiger partial charge is 0.306 e. The van der Waals surface area contributed by atoms with Crippen LogP contribution in [0.3, 0.4) is 0 Å². The minimum Gasteiger partial charge on any atom is -0.466 e. The molecule has 1 aromatic carbocycles. The molecule has 0 radical (unpaired) electrons. The fraction of sp³-hybridized carbons (Fsp3) is 0.467. The first-order valence-corrected chi connectivity index (χ1v) is 6.45. The van der Waals surface area contributed by atoms with Crippen LogP contribution in [0.25, 0.3) is 0 Å². The first-order valence-electron chi connectivity index (χ1n) is 6.45. The van der Waals surface area contributed by atoms with Gasteiger partial charge in [0.2, 0.25) is 5.91 Å². The molecule has 1 rings (SSSR count). The molecule has 0 saturated heterocycles. The monoisotopic (exact) mass is 263 g/mol. The summed E-state index contributed by atoms with van der Waals surface area (Å²) in [6, 6.07) is 5.93. The lowest BCUT2D eigenvalue weighted by Crippen LogP contribution is -2.27. The van der Waals surface area contributed by atoms with Gasteiger partial charge in [0, 0.05) is 19.2 Å². The van der Waals surface area contributed by atoms with E-state index in [0.29, 0.717) is 6.61 Å². The van der Waals surface area contributed by atoms with Crippen molar-refractivity contribution >= 4 is 17.6 Å². The highest BCUT2D eigenvalue weighted by Crippen LogP contribution is 2.20. The molecule has 4 heteroatoms. The molecule has 0 fully saturated rings. The number of rotatable bonds is 5. The van der Waals surface area contributed by atoms with E-state index in [4.69, 9.17) is 4.74 Å². The van der Waals surface area contributed by atoms with Crippen LogP contribution in [0, 0.1) is 13.8 Å². The molecule has 19 heavy (non-hydrogen) atoms. The van der Waals surface area contributed by atoms with E-state index < -0.39 is 0 Å². The minimum absolute atomic E-state index is 0.0833. The van der Waals surface area contributed by atoms with E-state index in [9.17, 15) is 9.59 Å². The summed E-state index contributed by atoms with van der Waals surface area (Å²) < 4.78 is 4.81. The van der Waals surface area contributed by atoms with Crippen LogP contribution in [0.5, 0.6) is 0 Å². The molecule has 104 valence electrons. The van der Waals surface area contributed by atoms with Crippen LogP contribution in [-0.4, -0.2) is 25.5 Å². The predicted octanol–water partition coefficient (Wildman–Crippen LogP) is 2.61. The number of aryl methyl sites for hydroxylation is 2. The Morgan fingerprint density at radius 3 is 2.47 bits per heavy atom. The maximum absolute atomic E-state index is 12.0. The Kier molecular flexibility index (Phi) is 5.55. The molecule has 0 N–H and O–H groups in total. The van der Waals surface area contributed by atoms with E-state index in [-0.39, 0.29) is 24.7 Å². The highest BCUT2D eigenvalue weighted by atomic mass is 16.5. The van der Waals surface area contributed by atoms with Gasteiger partial charge in [-0.3, -0.25) is 9.59 Å². The number of hydrogen-bond donors (Lipinski definition) is 0. The summed E-state index contributed by atoms with van der Waals surface area (Å²) in [7, 11) is 1.73. The first-order chi connectivity index (χ1) is 8.95. The van der Waals surface area contributed by atoms with Gasteiger partial charge in [0.15, 0.2) is 0 Å². The Bertz CT molecular complexity index is 468. The third kappa shape index (κ3) is 4.39. The van der Waals surface area contributed by atoms with Crippen molar-refractivity contribution in [2.24, 2.45) is 0 Å². The summed E-state index contributed by atoms with van der Waals surface area (Å²) in [5.74, 6) is -0.412. The lowest BCUT2D eigenvalue weighted by Gasteiger charge is -2.19. The van der Waals surface area contributed by atoms with Gasteiger partial charge in [-0.15, -0.1) is 0 Å². The minimum atomic E-state index is -0.329. The lowest BCUT2D eigenvalue weighted by molar-refractivity contribution is -0.144. The Balaban J connectivity index is 2.64. The molecule has 0 heterocycles. The lowest BCUT2D eigenvalue weighted by atomic mass is 10.1. The zero-order chi connectivity index (χ0) is 14.4. The van der Waals surface area contributed by atoms with Gasteiger partial charge in [-0.25, -0.2) is 0 Å². The number of amides is 1. The van der Waals surface area contributed by atoms with Crippen molar-refractivity contribution in [2.45, 2.75) is 33.6 Å². The summed E-state index contributed by atoms with van der Waals surface area (Å²) in [6.07, 6.45) is 0.296. The summed E-state index contributed by atoms with van der Waals surface area (Å²) in [5, 5.41) is 0. The van der Waals surface area contributed by atoms with Crippen LogP contribution in [-0.2, 0) is 14.3 Å². The Morgan fingerprint density at radius 2 is 1.89 bits per heavy atom. The second-order valence-electron chi connectivity index (χ2n) is 4.55. The SMILES string of the molecule is CCOC(=O)CCC(=O)N(C)c1ccc(C)cc1C. The molecule has 4 nitrogen and oxygen atoms in total. The fourth-order valence-corrected chi connectivity index (χ4v) is 1.93. The van der Waals surface area contributed by atoms with Gasteiger partial charge >= 0.3 is 5.97 Å².